The van der Waals surface area contributed by atoms with Gasteiger partial charge in [-0.15, -0.1) is 0 Å². The zero-order valence-corrected chi connectivity index (χ0v) is 30.6. The standard InChI is InChI=1S/C40H86N4/c1-2-3-4-5-6-7-8-9-10-11-12-15-18-21-26-33-40(34-27-30-37-43)44(39-32-25-23-29-36-42)38-31-24-20-17-14-13-16-19-22-28-35-41/h40H,2-39,41-43H2,1H3. The number of hydrogen-bond donors (Lipinski definition) is 3. The minimum atomic E-state index is 0.770. The molecule has 6 N–H and O–H groups in total. The van der Waals surface area contributed by atoms with Crippen molar-refractivity contribution < 1.29 is 0 Å². The number of hydrogen-bond acceptors (Lipinski definition) is 4. The molecule has 1 atom stereocenters. The fourth-order valence-electron chi connectivity index (χ4n) is 6.95. The summed E-state index contributed by atoms with van der Waals surface area (Å²) in [6, 6.07) is 0.770. The molecule has 0 aliphatic carbocycles. The smallest absolute Gasteiger partial charge is 0.00952 e. The molecule has 0 aromatic carbocycles. The summed E-state index contributed by atoms with van der Waals surface area (Å²) in [6.07, 6.45) is 45.9. The van der Waals surface area contributed by atoms with Gasteiger partial charge in [0.25, 0.3) is 0 Å². The second kappa shape index (κ2) is 39.0. The number of nitrogens with two attached hydrogens (primary N) is 3. The Balaban J connectivity index is 4.28. The molecule has 0 amide bonds. The third kappa shape index (κ3) is 33.2. The minimum absolute atomic E-state index is 0.770. The molecule has 0 aromatic heterocycles. The molecule has 4 heteroatoms. The van der Waals surface area contributed by atoms with Crippen LogP contribution in [0.1, 0.15) is 219 Å². The molecule has 0 heterocycles. The molecule has 266 valence electrons. The summed E-state index contributed by atoms with van der Waals surface area (Å²) in [5.41, 5.74) is 17.3. The highest BCUT2D eigenvalue weighted by Crippen LogP contribution is 2.21. The third-order valence-corrected chi connectivity index (χ3v) is 9.95. The van der Waals surface area contributed by atoms with Crippen molar-refractivity contribution >= 4 is 0 Å². The highest BCUT2D eigenvalue weighted by Gasteiger charge is 2.17. The van der Waals surface area contributed by atoms with E-state index in [0.717, 1.165) is 25.7 Å². The van der Waals surface area contributed by atoms with Gasteiger partial charge in [0.15, 0.2) is 0 Å². The molecule has 0 rings (SSSR count). The van der Waals surface area contributed by atoms with Gasteiger partial charge in [0.1, 0.15) is 0 Å². The highest BCUT2D eigenvalue weighted by molar-refractivity contribution is 4.73. The normalized spacial score (nSPS) is 12.5. The fraction of sp³-hybridized carbons (Fsp3) is 1.00. The van der Waals surface area contributed by atoms with E-state index in [2.05, 4.69) is 11.8 Å². The lowest BCUT2D eigenvalue weighted by atomic mass is 9.98. The maximum absolute atomic E-state index is 5.90. The summed E-state index contributed by atoms with van der Waals surface area (Å²) < 4.78 is 0. The van der Waals surface area contributed by atoms with Crippen LogP contribution in [0.4, 0.5) is 0 Å². The summed E-state index contributed by atoms with van der Waals surface area (Å²) >= 11 is 0. The van der Waals surface area contributed by atoms with Gasteiger partial charge in [0, 0.05) is 6.04 Å². The zero-order chi connectivity index (χ0) is 32.0. The molecular formula is C40H86N4. The second-order valence-electron chi connectivity index (χ2n) is 14.2. The minimum Gasteiger partial charge on any atom is -0.330 e. The van der Waals surface area contributed by atoms with E-state index in [0.29, 0.717) is 0 Å². The van der Waals surface area contributed by atoms with E-state index in [4.69, 9.17) is 17.2 Å². The van der Waals surface area contributed by atoms with Crippen LogP contribution in [0.5, 0.6) is 0 Å². The van der Waals surface area contributed by atoms with Crippen LogP contribution in [0, 0.1) is 0 Å². The summed E-state index contributed by atoms with van der Waals surface area (Å²) in [4.78, 5) is 2.92. The van der Waals surface area contributed by atoms with E-state index >= 15 is 0 Å². The van der Waals surface area contributed by atoms with Crippen molar-refractivity contribution in [2.24, 2.45) is 17.2 Å². The monoisotopic (exact) mass is 623 g/mol. The van der Waals surface area contributed by atoms with Gasteiger partial charge in [-0.25, -0.2) is 0 Å². The summed E-state index contributed by atoms with van der Waals surface area (Å²) in [5, 5.41) is 0. The van der Waals surface area contributed by atoms with Crippen LogP contribution in [0.25, 0.3) is 0 Å². The lowest BCUT2D eigenvalue weighted by Crippen LogP contribution is -2.37. The van der Waals surface area contributed by atoms with Crippen molar-refractivity contribution in [1.29, 1.82) is 0 Å². The van der Waals surface area contributed by atoms with E-state index in [1.54, 1.807) is 0 Å². The Kier molecular flexibility index (Phi) is 38.9. The summed E-state index contributed by atoms with van der Waals surface area (Å²) in [6.45, 7) is 7.46. The quantitative estimate of drug-likeness (QED) is 0.0596. The van der Waals surface area contributed by atoms with Gasteiger partial charge in [-0.3, -0.25) is 0 Å². The van der Waals surface area contributed by atoms with Crippen molar-refractivity contribution in [2.75, 3.05) is 32.7 Å². The summed E-state index contributed by atoms with van der Waals surface area (Å²) in [7, 11) is 0. The summed E-state index contributed by atoms with van der Waals surface area (Å²) in [5.74, 6) is 0. The molecule has 0 fully saturated rings. The Bertz CT molecular complexity index is 500. The first-order valence-corrected chi connectivity index (χ1v) is 20.6. The topological polar surface area (TPSA) is 81.3 Å². The van der Waals surface area contributed by atoms with Crippen LogP contribution in [0.3, 0.4) is 0 Å². The lowest BCUT2D eigenvalue weighted by molar-refractivity contribution is 0.163. The Hall–Kier alpha value is -0.160. The number of nitrogens with zero attached hydrogens (tertiary/aromatic N) is 1. The molecule has 1 unspecified atom stereocenters. The number of rotatable bonds is 39. The van der Waals surface area contributed by atoms with Gasteiger partial charge >= 0.3 is 0 Å². The van der Waals surface area contributed by atoms with Crippen LogP contribution < -0.4 is 17.2 Å². The molecule has 0 aliphatic heterocycles. The number of unbranched alkanes of at least 4 members (excludes halogenated alkanes) is 27. The van der Waals surface area contributed by atoms with Gasteiger partial charge in [-0.1, -0.05) is 174 Å². The Morgan fingerprint density at radius 1 is 0.318 bits per heavy atom. The Labute approximate surface area is 279 Å². The van der Waals surface area contributed by atoms with Crippen LogP contribution in [0.15, 0.2) is 0 Å². The fourth-order valence-corrected chi connectivity index (χ4v) is 6.95. The Morgan fingerprint density at radius 3 is 0.909 bits per heavy atom. The van der Waals surface area contributed by atoms with Crippen molar-refractivity contribution in [3.05, 3.63) is 0 Å². The van der Waals surface area contributed by atoms with Gasteiger partial charge in [0.05, 0.1) is 0 Å². The van der Waals surface area contributed by atoms with E-state index in [1.165, 1.54) is 225 Å². The van der Waals surface area contributed by atoms with Gasteiger partial charge in [0.2, 0.25) is 0 Å². The molecule has 0 saturated carbocycles. The van der Waals surface area contributed by atoms with Crippen molar-refractivity contribution in [3.8, 4) is 0 Å². The highest BCUT2D eigenvalue weighted by atomic mass is 15.1. The first-order valence-electron chi connectivity index (χ1n) is 20.6. The van der Waals surface area contributed by atoms with Crippen LogP contribution in [-0.4, -0.2) is 43.7 Å². The first kappa shape index (κ1) is 43.8. The van der Waals surface area contributed by atoms with Crippen molar-refractivity contribution in [2.45, 2.75) is 225 Å². The Morgan fingerprint density at radius 2 is 0.568 bits per heavy atom. The van der Waals surface area contributed by atoms with Crippen molar-refractivity contribution in [3.63, 3.8) is 0 Å². The van der Waals surface area contributed by atoms with Crippen LogP contribution in [0.2, 0.25) is 0 Å². The van der Waals surface area contributed by atoms with Gasteiger partial charge < -0.3 is 22.1 Å². The van der Waals surface area contributed by atoms with E-state index in [-0.39, 0.29) is 0 Å². The van der Waals surface area contributed by atoms with Crippen LogP contribution >= 0.6 is 0 Å². The van der Waals surface area contributed by atoms with E-state index in [1.807, 2.05) is 0 Å². The molecule has 4 nitrogen and oxygen atoms in total. The third-order valence-electron chi connectivity index (χ3n) is 9.95. The molecule has 0 saturated heterocycles. The maximum atomic E-state index is 5.90. The van der Waals surface area contributed by atoms with E-state index in [9.17, 15) is 0 Å². The van der Waals surface area contributed by atoms with Crippen LogP contribution in [-0.2, 0) is 0 Å². The predicted molar refractivity (Wildman–Crippen MR) is 201 cm³/mol. The van der Waals surface area contributed by atoms with E-state index < -0.39 is 0 Å². The van der Waals surface area contributed by atoms with Gasteiger partial charge in [-0.05, 0) is 77.7 Å². The van der Waals surface area contributed by atoms with Crippen molar-refractivity contribution in [1.82, 2.24) is 4.90 Å². The molecule has 0 spiro atoms. The molecule has 0 aromatic rings. The SMILES string of the molecule is CCCCCCCCCCCCCCCCCC(CCCCN)N(CCCCCCN)CCCCCCCCCCCCN. The molecule has 0 bridgehead atoms. The predicted octanol–water partition coefficient (Wildman–Crippen LogP) is 11.4. The first-order chi connectivity index (χ1) is 21.8. The molecule has 0 radical (unpaired) electrons. The maximum Gasteiger partial charge on any atom is 0.00952 e. The molecular weight excluding hydrogens is 536 g/mol. The average Bonchev–Trinajstić information content (AvgIpc) is 3.03. The van der Waals surface area contributed by atoms with Gasteiger partial charge in [-0.2, -0.15) is 0 Å². The second-order valence-corrected chi connectivity index (χ2v) is 14.2. The zero-order valence-electron chi connectivity index (χ0n) is 30.6. The lowest BCUT2D eigenvalue weighted by Gasteiger charge is -2.32. The average molecular weight is 623 g/mol. The molecule has 44 heavy (non-hydrogen) atoms. The molecule has 0 aliphatic rings. The largest absolute Gasteiger partial charge is 0.330 e.